The summed E-state index contributed by atoms with van der Waals surface area (Å²) in [5.41, 5.74) is 8.63. The quantitative estimate of drug-likeness (QED) is 0.272. The Balaban J connectivity index is 0.00000392. The third kappa shape index (κ3) is 9.56. The van der Waals surface area contributed by atoms with Crippen LogP contribution in [0.4, 0.5) is 0 Å². The van der Waals surface area contributed by atoms with Crippen molar-refractivity contribution < 1.29 is 5.11 Å². The van der Waals surface area contributed by atoms with Crippen LogP contribution in [0.5, 0.6) is 0 Å². The van der Waals surface area contributed by atoms with Gasteiger partial charge in [0.05, 0.1) is 12.6 Å². The molecule has 1 aliphatic heterocycles. The van der Waals surface area contributed by atoms with Crippen molar-refractivity contribution in [1.29, 1.82) is 0 Å². The summed E-state index contributed by atoms with van der Waals surface area (Å²) in [6, 6.07) is 8.81. The molecule has 0 bridgehead atoms. The van der Waals surface area contributed by atoms with Crippen molar-refractivity contribution in [2.45, 2.75) is 78.1 Å². The van der Waals surface area contributed by atoms with Gasteiger partial charge in [-0.3, -0.25) is 4.90 Å². The fourth-order valence-electron chi connectivity index (χ4n) is 3.56. The van der Waals surface area contributed by atoms with Crippen molar-refractivity contribution in [2.75, 3.05) is 13.1 Å². The minimum absolute atomic E-state index is 0. The van der Waals surface area contributed by atoms with Crippen LogP contribution in [0.25, 0.3) is 0 Å². The molecular formula is C22H39IN4O. The van der Waals surface area contributed by atoms with E-state index in [1.54, 1.807) is 0 Å². The lowest BCUT2D eigenvalue weighted by Gasteiger charge is -2.30. The van der Waals surface area contributed by atoms with Gasteiger partial charge in [-0.1, -0.05) is 51.0 Å². The van der Waals surface area contributed by atoms with Gasteiger partial charge in [-0.15, -0.1) is 24.0 Å². The van der Waals surface area contributed by atoms with Crippen LogP contribution in [-0.2, 0) is 13.1 Å². The van der Waals surface area contributed by atoms with Gasteiger partial charge in [-0.2, -0.15) is 0 Å². The normalized spacial score (nSPS) is 17.4. The Kier molecular flexibility index (Phi) is 12.0. The number of benzene rings is 1. The number of halogens is 1. The van der Waals surface area contributed by atoms with E-state index in [1.807, 2.05) is 0 Å². The summed E-state index contributed by atoms with van der Waals surface area (Å²) < 4.78 is 0. The van der Waals surface area contributed by atoms with Gasteiger partial charge in [0, 0.05) is 25.7 Å². The minimum atomic E-state index is -0.130. The van der Waals surface area contributed by atoms with Crippen LogP contribution >= 0.6 is 24.0 Å². The molecule has 0 aromatic heterocycles. The second kappa shape index (κ2) is 13.4. The molecule has 160 valence electrons. The van der Waals surface area contributed by atoms with Gasteiger partial charge in [-0.05, 0) is 43.2 Å². The van der Waals surface area contributed by atoms with E-state index in [0.29, 0.717) is 18.5 Å². The lowest BCUT2D eigenvalue weighted by molar-refractivity contribution is 0.0791. The van der Waals surface area contributed by atoms with Crippen molar-refractivity contribution in [3.63, 3.8) is 0 Å². The van der Waals surface area contributed by atoms with Gasteiger partial charge in [0.2, 0.25) is 0 Å². The van der Waals surface area contributed by atoms with Gasteiger partial charge in [0.15, 0.2) is 5.96 Å². The third-order valence-corrected chi connectivity index (χ3v) is 5.30. The van der Waals surface area contributed by atoms with Crippen LogP contribution < -0.4 is 11.1 Å². The number of likely N-dealkylation sites (tertiary alicyclic amines) is 1. The highest BCUT2D eigenvalue weighted by molar-refractivity contribution is 14.0. The topological polar surface area (TPSA) is 73.9 Å². The first-order valence-electron chi connectivity index (χ1n) is 10.5. The van der Waals surface area contributed by atoms with Gasteiger partial charge in [-0.25, -0.2) is 4.99 Å². The van der Waals surface area contributed by atoms with Crippen LogP contribution in [0, 0.1) is 5.92 Å². The molecule has 2 rings (SSSR count). The van der Waals surface area contributed by atoms with E-state index in [2.05, 4.69) is 60.2 Å². The smallest absolute Gasteiger partial charge is 0.189 e. The van der Waals surface area contributed by atoms with Crippen molar-refractivity contribution in [2.24, 2.45) is 16.6 Å². The molecule has 0 saturated carbocycles. The van der Waals surface area contributed by atoms with Crippen LogP contribution in [-0.4, -0.2) is 41.2 Å². The number of hydrogen-bond acceptors (Lipinski definition) is 3. The number of aliphatic hydroxyl groups is 1. The van der Waals surface area contributed by atoms with Crippen molar-refractivity contribution in [3.05, 3.63) is 35.4 Å². The third-order valence-electron chi connectivity index (χ3n) is 5.30. The fraction of sp³-hybridized carbons (Fsp3) is 0.682. The second-order valence-electron chi connectivity index (χ2n) is 8.35. The zero-order valence-electron chi connectivity index (χ0n) is 17.7. The first-order valence-corrected chi connectivity index (χ1v) is 10.5. The fourth-order valence-corrected chi connectivity index (χ4v) is 3.56. The maximum absolute atomic E-state index is 9.68. The number of guanidine groups is 1. The Hall–Kier alpha value is -0.860. The largest absolute Gasteiger partial charge is 0.393 e. The molecule has 0 amide bonds. The number of aliphatic hydroxyl groups excluding tert-OH is 1. The first-order chi connectivity index (χ1) is 12.9. The summed E-state index contributed by atoms with van der Waals surface area (Å²) in [6.45, 7) is 10.1. The van der Waals surface area contributed by atoms with E-state index < -0.39 is 0 Å². The number of hydrogen-bond donors (Lipinski definition) is 3. The lowest BCUT2D eigenvalue weighted by atomic mass is 10.0. The molecule has 1 unspecified atom stereocenters. The molecule has 1 fully saturated rings. The first kappa shape index (κ1) is 25.2. The number of nitrogens with one attached hydrogen (secondary N) is 1. The highest BCUT2D eigenvalue weighted by Gasteiger charge is 2.17. The highest BCUT2D eigenvalue weighted by Crippen LogP contribution is 2.17. The number of rotatable bonds is 9. The Morgan fingerprint density at radius 2 is 1.82 bits per heavy atom. The van der Waals surface area contributed by atoms with Crippen LogP contribution in [0.15, 0.2) is 29.3 Å². The van der Waals surface area contributed by atoms with Crippen LogP contribution in [0.1, 0.15) is 64.0 Å². The van der Waals surface area contributed by atoms with Crippen LogP contribution in [0.2, 0.25) is 0 Å². The van der Waals surface area contributed by atoms with Gasteiger partial charge < -0.3 is 16.2 Å². The molecular weight excluding hydrogens is 463 g/mol. The molecule has 0 spiro atoms. The number of aliphatic imine (C=N–C) groups is 1. The van der Waals surface area contributed by atoms with E-state index in [1.165, 1.54) is 24.0 Å². The molecule has 4 N–H and O–H groups in total. The van der Waals surface area contributed by atoms with Crippen LogP contribution in [0.3, 0.4) is 0 Å². The molecule has 1 aliphatic rings. The predicted molar refractivity (Wildman–Crippen MR) is 129 cm³/mol. The molecule has 1 aromatic rings. The van der Waals surface area contributed by atoms with E-state index in [4.69, 9.17) is 5.73 Å². The average Bonchev–Trinajstić information content (AvgIpc) is 2.62. The Morgan fingerprint density at radius 1 is 1.18 bits per heavy atom. The molecule has 0 radical (unpaired) electrons. The molecule has 6 heteroatoms. The summed E-state index contributed by atoms with van der Waals surface area (Å²) in [5.74, 6) is 1.28. The van der Waals surface area contributed by atoms with Crippen molar-refractivity contribution in [1.82, 2.24) is 10.2 Å². The van der Waals surface area contributed by atoms with E-state index >= 15 is 0 Å². The molecule has 1 aromatic carbocycles. The zero-order valence-corrected chi connectivity index (χ0v) is 20.1. The number of piperidine rings is 1. The molecule has 1 saturated heterocycles. The van der Waals surface area contributed by atoms with Crippen molar-refractivity contribution >= 4 is 29.9 Å². The number of nitrogens with two attached hydrogens (primary N) is 1. The second-order valence-corrected chi connectivity index (χ2v) is 8.35. The summed E-state index contributed by atoms with van der Waals surface area (Å²) in [5, 5.41) is 13.0. The average molecular weight is 502 g/mol. The Labute approximate surface area is 188 Å². The van der Waals surface area contributed by atoms with Gasteiger partial charge in [0.25, 0.3) is 0 Å². The number of nitrogens with zero attached hydrogens (tertiary/aromatic N) is 2. The van der Waals surface area contributed by atoms with Gasteiger partial charge >= 0.3 is 0 Å². The molecule has 28 heavy (non-hydrogen) atoms. The highest BCUT2D eigenvalue weighted by atomic mass is 127. The monoisotopic (exact) mass is 502 g/mol. The lowest BCUT2D eigenvalue weighted by Crippen LogP contribution is -2.38. The van der Waals surface area contributed by atoms with E-state index in [9.17, 15) is 5.11 Å². The molecule has 1 heterocycles. The molecule has 5 nitrogen and oxygen atoms in total. The summed E-state index contributed by atoms with van der Waals surface area (Å²) in [4.78, 5) is 6.98. The molecule has 0 aliphatic carbocycles. The summed E-state index contributed by atoms with van der Waals surface area (Å²) >= 11 is 0. The van der Waals surface area contributed by atoms with Gasteiger partial charge in [0.1, 0.15) is 0 Å². The predicted octanol–water partition coefficient (Wildman–Crippen LogP) is 3.88. The summed E-state index contributed by atoms with van der Waals surface area (Å²) in [7, 11) is 0. The SMILES string of the molecule is CC(C)CCCC(C)NC(N)=NCc1ccccc1CN1CCC(O)CC1.I. The van der Waals surface area contributed by atoms with E-state index in [0.717, 1.165) is 44.8 Å². The Morgan fingerprint density at radius 3 is 2.46 bits per heavy atom. The maximum atomic E-state index is 9.68. The summed E-state index contributed by atoms with van der Waals surface area (Å²) in [6.07, 6.45) is 5.19. The minimum Gasteiger partial charge on any atom is -0.393 e. The Bertz CT molecular complexity index is 586. The van der Waals surface area contributed by atoms with E-state index in [-0.39, 0.29) is 30.1 Å². The standard InChI is InChI=1S/C22H38N4O.HI/c1-17(2)7-6-8-18(3)25-22(23)24-15-19-9-4-5-10-20(19)16-26-13-11-21(27)12-14-26;/h4-5,9-10,17-18,21,27H,6-8,11-16H2,1-3H3,(H3,23,24,25);1H. The molecule has 1 atom stereocenters. The van der Waals surface area contributed by atoms with Crippen molar-refractivity contribution in [3.8, 4) is 0 Å². The maximum Gasteiger partial charge on any atom is 0.189 e. The zero-order chi connectivity index (χ0) is 19.6.